The van der Waals surface area contributed by atoms with Gasteiger partial charge in [-0.15, -0.1) is 0 Å². The number of methoxy groups -OCH3 is 4. The van der Waals surface area contributed by atoms with Gasteiger partial charge in [0.1, 0.15) is 0 Å². The molecule has 0 aliphatic rings. The topological polar surface area (TPSA) is 69.2 Å². The van der Waals surface area contributed by atoms with Crippen molar-refractivity contribution in [2.45, 2.75) is 6.10 Å². The van der Waals surface area contributed by atoms with Gasteiger partial charge in [0, 0.05) is 20.2 Å². The molecule has 0 aliphatic heterocycles. The lowest BCUT2D eigenvalue weighted by molar-refractivity contribution is 0.161. The lowest BCUT2D eigenvalue weighted by Crippen LogP contribution is -2.25. The highest BCUT2D eigenvalue weighted by Gasteiger charge is 2.17. The van der Waals surface area contributed by atoms with Crippen molar-refractivity contribution >= 4 is 0 Å². The van der Waals surface area contributed by atoms with Crippen LogP contribution in [0.1, 0.15) is 11.7 Å². The zero-order valence-electron chi connectivity index (χ0n) is 12.4. The van der Waals surface area contributed by atoms with Crippen LogP contribution in [-0.4, -0.2) is 53.2 Å². The third-order valence-electron chi connectivity index (χ3n) is 2.89. The summed E-state index contributed by atoms with van der Waals surface area (Å²) in [4.78, 5) is 0. The fourth-order valence-corrected chi connectivity index (χ4v) is 1.82. The number of hydrogen-bond acceptors (Lipinski definition) is 6. The zero-order valence-corrected chi connectivity index (χ0v) is 12.4. The Hall–Kier alpha value is -1.50. The molecule has 0 radical (unpaired) electrons. The highest BCUT2D eigenvalue weighted by Crippen LogP contribution is 2.39. The highest BCUT2D eigenvalue weighted by atomic mass is 16.5. The minimum absolute atomic E-state index is 0.419. The van der Waals surface area contributed by atoms with Gasteiger partial charge in [-0.25, -0.2) is 0 Å². The van der Waals surface area contributed by atoms with Crippen molar-refractivity contribution in [3.8, 4) is 17.2 Å². The Morgan fingerprint density at radius 1 is 1.05 bits per heavy atom. The number of rotatable bonds is 9. The van der Waals surface area contributed by atoms with Gasteiger partial charge >= 0.3 is 0 Å². The molecule has 1 aromatic carbocycles. The van der Waals surface area contributed by atoms with Crippen LogP contribution in [0.4, 0.5) is 0 Å². The van der Waals surface area contributed by atoms with E-state index in [1.165, 1.54) is 0 Å². The van der Waals surface area contributed by atoms with Gasteiger partial charge in [-0.05, 0) is 17.7 Å². The van der Waals surface area contributed by atoms with Crippen molar-refractivity contribution in [3.63, 3.8) is 0 Å². The van der Waals surface area contributed by atoms with Crippen molar-refractivity contribution in [3.05, 3.63) is 17.7 Å². The fraction of sp³-hybridized carbons (Fsp3) is 0.571. The lowest BCUT2D eigenvalue weighted by Gasteiger charge is -2.17. The average Bonchev–Trinajstić information content (AvgIpc) is 2.49. The predicted octanol–water partition coefficient (Wildman–Crippen LogP) is 0.982. The molecule has 114 valence electrons. The van der Waals surface area contributed by atoms with Crippen LogP contribution < -0.4 is 19.5 Å². The van der Waals surface area contributed by atoms with Gasteiger partial charge in [0.15, 0.2) is 11.5 Å². The van der Waals surface area contributed by atoms with E-state index < -0.39 is 6.10 Å². The maximum atomic E-state index is 10.2. The monoisotopic (exact) mass is 285 g/mol. The molecule has 0 spiro atoms. The van der Waals surface area contributed by atoms with E-state index in [9.17, 15) is 5.11 Å². The predicted molar refractivity (Wildman–Crippen MR) is 75.8 cm³/mol. The summed E-state index contributed by atoms with van der Waals surface area (Å²) in [6.07, 6.45) is -0.666. The molecule has 0 bridgehead atoms. The SMILES string of the molecule is COCCNCC(O)c1cc(OC)c(OC)c(OC)c1. The van der Waals surface area contributed by atoms with Gasteiger partial charge in [-0.1, -0.05) is 0 Å². The van der Waals surface area contributed by atoms with Crippen LogP contribution in [0.2, 0.25) is 0 Å². The van der Waals surface area contributed by atoms with Gasteiger partial charge in [-0.3, -0.25) is 0 Å². The molecule has 0 heterocycles. The molecule has 0 aromatic heterocycles. The maximum Gasteiger partial charge on any atom is 0.203 e. The lowest BCUT2D eigenvalue weighted by atomic mass is 10.1. The number of ether oxygens (including phenoxy) is 4. The largest absolute Gasteiger partial charge is 0.493 e. The molecule has 0 saturated carbocycles. The molecule has 1 aromatic rings. The summed E-state index contributed by atoms with van der Waals surface area (Å²) in [5.41, 5.74) is 0.699. The van der Waals surface area contributed by atoms with Gasteiger partial charge < -0.3 is 29.4 Å². The van der Waals surface area contributed by atoms with Gasteiger partial charge in [-0.2, -0.15) is 0 Å². The standard InChI is InChI=1S/C14H23NO5/c1-17-6-5-15-9-11(16)10-7-12(18-2)14(20-4)13(8-10)19-3/h7-8,11,15-16H,5-6,9H2,1-4H3. The molecule has 6 nitrogen and oxygen atoms in total. The molecule has 6 heteroatoms. The van der Waals surface area contributed by atoms with Crippen molar-refractivity contribution < 1.29 is 24.1 Å². The highest BCUT2D eigenvalue weighted by molar-refractivity contribution is 5.54. The number of benzene rings is 1. The van der Waals surface area contributed by atoms with Crippen molar-refractivity contribution in [2.24, 2.45) is 0 Å². The molecule has 0 fully saturated rings. The Morgan fingerprint density at radius 3 is 2.10 bits per heavy atom. The Balaban J connectivity index is 2.83. The fourth-order valence-electron chi connectivity index (χ4n) is 1.82. The summed E-state index contributed by atoms with van der Waals surface area (Å²) in [5, 5.41) is 13.3. The number of hydrogen-bond donors (Lipinski definition) is 2. The normalized spacial score (nSPS) is 12.1. The van der Waals surface area contributed by atoms with E-state index >= 15 is 0 Å². The van der Waals surface area contributed by atoms with Crippen molar-refractivity contribution in [1.82, 2.24) is 5.32 Å². The van der Waals surface area contributed by atoms with Crippen molar-refractivity contribution in [1.29, 1.82) is 0 Å². The quantitative estimate of drug-likeness (QED) is 0.659. The maximum absolute atomic E-state index is 10.2. The summed E-state index contributed by atoms with van der Waals surface area (Å²) in [7, 11) is 6.27. The Kier molecular flexibility index (Phi) is 7.14. The third-order valence-corrected chi connectivity index (χ3v) is 2.89. The van der Waals surface area contributed by atoms with Crippen LogP contribution in [-0.2, 0) is 4.74 Å². The van der Waals surface area contributed by atoms with Gasteiger partial charge in [0.2, 0.25) is 5.75 Å². The molecule has 1 unspecified atom stereocenters. The Bertz CT molecular complexity index is 386. The first-order chi connectivity index (χ1) is 9.67. The molecule has 1 atom stereocenters. The van der Waals surface area contributed by atoms with E-state index in [-0.39, 0.29) is 0 Å². The molecular formula is C14H23NO5. The van der Waals surface area contributed by atoms with Crippen LogP contribution in [0.15, 0.2) is 12.1 Å². The first-order valence-electron chi connectivity index (χ1n) is 6.35. The number of nitrogens with one attached hydrogen (secondary N) is 1. The molecule has 0 saturated heterocycles. The number of aliphatic hydroxyl groups excluding tert-OH is 1. The summed E-state index contributed by atoms with van der Waals surface area (Å²) >= 11 is 0. The van der Waals surface area contributed by atoms with Crippen LogP contribution in [0, 0.1) is 0 Å². The summed E-state index contributed by atoms with van der Waals surface area (Å²) < 4.78 is 20.7. The first-order valence-corrected chi connectivity index (χ1v) is 6.35. The first kappa shape index (κ1) is 16.6. The second-order valence-corrected chi connectivity index (χ2v) is 4.17. The van der Waals surface area contributed by atoms with Gasteiger partial charge in [0.05, 0.1) is 34.0 Å². The van der Waals surface area contributed by atoms with Crippen LogP contribution >= 0.6 is 0 Å². The molecule has 1 rings (SSSR count). The Morgan fingerprint density at radius 2 is 1.65 bits per heavy atom. The smallest absolute Gasteiger partial charge is 0.203 e. The Labute approximate surface area is 119 Å². The van der Waals surface area contributed by atoms with Crippen LogP contribution in [0.3, 0.4) is 0 Å². The molecule has 0 aliphatic carbocycles. The van der Waals surface area contributed by atoms with Crippen LogP contribution in [0.25, 0.3) is 0 Å². The minimum atomic E-state index is -0.666. The zero-order chi connectivity index (χ0) is 15.0. The van der Waals surface area contributed by atoms with Crippen LogP contribution in [0.5, 0.6) is 17.2 Å². The third kappa shape index (κ3) is 4.26. The van der Waals surface area contributed by atoms with Crippen molar-refractivity contribution in [2.75, 3.05) is 48.1 Å². The second-order valence-electron chi connectivity index (χ2n) is 4.17. The minimum Gasteiger partial charge on any atom is -0.493 e. The molecule has 2 N–H and O–H groups in total. The second kappa shape index (κ2) is 8.63. The van der Waals surface area contributed by atoms with E-state index in [0.717, 1.165) is 0 Å². The average molecular weight is 285 g/mol. The summed E-state index contributed by atoms with van der Waals surface area (Å²) in [6.45, 7) is 1.70. The number of aliphatic hydroxyl groups is 1. The summed E-state index contributed by atoms with van der Waals surface area (Å²) in [5.74, 6) is 1.56. The van der Waals surface area contributed by atoms with E-state index in [1.54, 1.807) is 40.6 Å². The molecule has 0 amide bonds. The molecule has 20 heavy (non-hydrogen) atoms. The molecular weight excluding hydrogens is 262 g/mol. The van der Waals surface area contributed by atoms with E-state index in [2.05, 4.69) is 5.32 Å². The van der Waals surface area contributed by atoms with E-state index in [0.29, 0.717) is 42.5 Å². The van der Waals surface area contributed by atoms with E-state index in [1.807, 2.05) is 0 Å². The van der Waals surface area contributed by atoms with Gasteiger partial charge in [0.25, 0.3) is 0 Å². The summed E-state index contributed by atoms with van der Waals surface area (Å²) in [6, 6.07) is 3.48. The van der Waals surface area contributed by atoms with E-state index in [4.69, 9.17) is 18.9 Å².